The van der Waals surface area contributed by atoms with Gasteiger partial charge in [-0.05, 0) is 44.4 Å². The van der Waals surface area contributed by atoms with Gasteiger partial charge >= 0.3 is 0 Å². The fraction of sp³-hybridized carbons (Fsp3) is 0.556. The van der Waals surface area contributed by atoms with E-state index >= 15 is 0 Å². The van der Waals surface area contributed by atoms with Gasteiger partial charge in [-0.3, -0.25) is 9.59 Å². The summed E-state index contributed by atoms with van der Waals surface area (Å²) in [5.41, 5.74) is 7.80. The first-order valence-corrected chi connectivity index (χ1v) is 8.46. The van der Waals surface area contributed by atoms with E-state index in [0.29, 0.717) is 25.4 Å². The Bertz CT molecular complexity index is 590. The Hall–Kier alpha value is -1.59. The number of nitrogens with two attached hydrogens (primary N) is 1. The zero-order chi connectivity index (χ0) is 16.4. The van der Waals surface area contributed by atoms with E-state index in [1.807, 2.05) is 31.2 Å². The van der Waals surface area contributed by atoms with Crippen molar-refractivity contribution in [1.29, 1.82) is 0 Å². The van der Waals surface area contributed by atoms with Crippen molar-refractivity contribution in [2.45, 2.75) is 38.6 Å². The second kappa shape index (κ2) is 7.99. The second-order valence-corrected chi connectivity index (χ2v) is 6.78. The lowest BCUT2D eigenvalue weighted by molar-refractivity contribution is -0.127. The molecule has 132 valence electrons. The van der Waals surface area contributed by atoms with Gasteiger partial charge in [0.2, 0.25) is 11.8 Å². The van der Waals surface area contributed by atoms with Gasteiger partial charge in [0.15, 0.2) is 0 Å². The molecular weight excluding hydrogens is 326 g/mol. The molecule has 6 heteroatoms. The molecule has 1 heterocycles. The molecule has 1 aromatic carbocycles. The number of halogens is 1. The first-order valence-electron chi connectivity index (χ1n) is 8.46. The number of nitrogens with zero attached hydrogens (tertiary/aromatic N) is 1. The number of hydrogen-bond acceptors (Lipinski definition) is 3. The number of benzene rings is 1. The maximum Gasteiger partial charge on any atom is 0.227 e. The smallest absolute Gasteiger partial charge is 0.227 e. The lowest BCUT2D eigenvalue weighted by atomic mass is 10.0. The van der Waals surface area contributed by atoms with E-state index in [-0.39, 0.29) is 36.2 Å². The molecule has 3 rings (SSSR count). The number of nitrogens with one attached hydrogen (secondary N) is 1. The summed E-state index contributed by atoms with van der Waals surface area (Å²) in [5, 5.41) is 3.13. The third-order valence-corrected chi connectivity index (χ3v) is 5.13. The summed E-state index contributed by atoms with van der Waals surface area (Å²) in [6, 6.07) is 8.03. The van der Waals surface area contributed by atoms with E-state index in [1.54, 1.807) is 4.90 Å². The van der Waals surface area contributed by atoms with Crippen LogP contribution in [-0.2, 0) is 9.59 Å². The Labute approximate surface area is 149 Å². The van der Waals surface area contributed by atoms with E-state index in [4.69, 9.17) is 5.73 Å². The normalized spacial score (nSPS) is 26.3. The number of carbonyl (C=O) groups is 2. The molecule has 1 aliphatic carbocycles. The van der Waals surface area contributed by atoms with Gasteiger partial charge in [-0.2, -0.15) is 0 Å². The zero-order valence-corrected chi connectivity index (χ0v) is 14.8. The summed E-state index contributed by atoms with van der Waals surface area (Å²) in [6.07, 6.45) is 3.49. The highest BCUT2D eigenvalue weighted by atomic mass is 35.5. The Morgan fingerprint density at radius 3 is 2.67 bits per heavy atom. The maximum atomic E-state index is 12.5. The molecular formula is C18H26ClN3O2. The fourth-order valence-electron chi connectivity index (χ4n) is 3.67. The van der Waals surface area contributed by atoms with Gasteiger partial charge in [0.1, 0.15) is 0 Å². The highest BCUT2D eigenvalue weighted by molar-refractivity contribution is 6.00. The van der Waals surface area contributed by atoms with Crippen molar-refractivity contribution < 1.29 is 9.59 Å². The first-order chi connectivity index (χ1) is 11.1. The minimum absolute atomic E-state index is 0. The van der Waals surface area contributed by atoms with Gasteiger partial charge in [0.25, 0.3) is 0 Å². The van der Waals surface area contributed by atoms with Crippen LogP contribution in [0.2, 0.25) is 0 Å². The predicted octanol–water partition coefficient (Wildman–Crippen LogP) is 2.01. The SMILES string of the molecule is Cc1ccc(N2CC(C(=O)NC3CCCC3CN)CC2=O)cc1.Cl. The van der Waals surface area contributed by atoms with E-state index < -0.39 is 0 Å². The summed E-state index contributed by atoms with van der Waals surface area (Å²) < 4.78 is 0. The number of anilines is 1. The third kappa shape index (κ3) is 3.90. The molecule has 2 aliphatic rings. The quantitative estimate of drug-likeness (QED) is 0.871. The van der Waals surface area contributed by atoms with Crippen LogP contribution in [0.15, 0.2) is 24.3 Å². The van der Waals surface area contributed by atoms with Crippen molar-refractivity contribution in [1.82, 2.24) is 5.32 Å². The van der Waals surface area contributed by atoms with Crippen molar-refractivity contribution in [2.75, 3.05) is 18.0 Å². The van der Waals surface area contributed by atoms with Crippen LogP contribution in [0.3, 0.4) is 0 Å². The molecule has 3 atom stereocenters. The molecule has 3 unspecified atom stereocenters. The highest BCUT2D eigenvalue weighted by Gasteiger charge is 2.37. The van der Waals surface area contributed by atoms with Crippen LogP contribution < -0.4 is 16.0 Å². The second-order valence-electron chi connectivity index (χ2n) is 6.78. The summed E-state index contributed by atoms with van der Waals surface area (Å²) in [5.74, 6) is 0.140. The Morgan fingerprint density at radius 2 is 2.00 bits per heavy atom. The van der Waals surface area contributed by atoms with E-state index in [9.17, 15) is 9.59 Å². The molecule has 1 aliphatic heterocycles. The zero-order valence-electron chi connectivity index (χ0n) is 14.0. The molecule has 24 heavy (non-hydrogen) atoms. The minimum atomic E-state index is -0.261. The van der Waals surface area contributed by atoms with E-state index in [1.165, 1.54) is 0 Å². The number of amides is 2. The van der Waals surface area contributed by atoms with Crippen molar-refractivity contribution in [3.63, 3.8) is 0 Å². The largest absolute Gasteiger partial charge is 0.353 e. The molecule has 1 saturated heterocycles. The molecule has 5 nitrogen and oxygen atoms in total. The average molecular weight is 352 g/mol. The molecule has 1 saturated carbocycles. The highest BCUT2D eigenvalue weighted by Crippen LogP contribution is 2.28. The Morgan fingerprint density at radius 1 is 1.29 bits per heavy atom. The molecule has 2 fully saturated rings. The van der Waals surface area contributed by atoms with Crippen LogP contribution in [0.5, 0.6) is 0 Å². The molecule has 0 spiro atoms. The predicted molar refractivity (Wildman–Crippen MR) is 97.2 cm³/mol. The average Bonchev–Trinajstić information content (AvgIpc) is 3.14. The van der Waals surface area contributed by atoms with Gasteiger partial charge in [-0.15, -0.1) is 12.4 Å². The molecule has 3 N–H and O–H groups in total. The van der Waals surface area contributed by atoms with E-state index in [0.717, 1.165) is 30.5 Å². The van der Waals surface area contributed by atoms with Crippen molar-refractivity contribution >= 4 is 29.9 Å². The van der Waals surface area contributed by atoms with Gasteiger partial charge in [0, 0.05) is 24.7 Å². The molecule has 0 radical (unpaired) electrons. The first kappa shape index (κ1) is 18.7. The van der Waals surface area contributed by atoms with Crippen LogP contribution in [0.1, 0.15) is 31.2 Å². The van der Waals surface area contributed by atoms with E-state index in [2.05, 4.69) is 5.32 Å². The molecule has 1 aromatic rings. The van der Waals surface area contributed by atoms with Gasteiger partial charge in [-0.1, -0.05) is 24.1 Å². The fourth-order valence-corrected chi connectivity index (χ4v) is 3.67. The molecule has 2 amide bonds. The Balaban J connectivity index is 0.00000208. The van der Waals surface area contributed by atoms with Crippen LogP contribution in [0, 0.1) is 18.8 Å². The number of rotatable bonds is 4. The monoisotopic (exact) mass is 351 g/mol. The standard InChI is InChI=1S/C18H25N3O2.ClH/c1-12-5-7-15(8-6-12)21-11-14(9-17(21)22)18(23)20-16-4-2-3-13(16)10-19;/h5-8,13-14,16H,2-4,9-11,19H2,1H3,(H,20,23);1H. The summed E-state index contributed by atoms with van der Waals surface area (Å²) >= 11 is 0. The van der Waals surface area contributed by atoms with Crippen molar-refractivity contribution in [3.8, 4) is 0 Å². The minimum Gasteiger partial charge on any atom is -0.353 e. The Kier molecular flexibility index (Phi) is 6.24. The van der Waals surface area contributed by atoms with Gasteiger partial charge in [0.05, 0.1) is 5.92 Å². The van der Waals surface area contributed by atoms with Crippen molar-refractivity contribution in [2.24, 2.45) is 17.6 Å². The summed E-state index contributed by atoms with van der Waals surface area (Å²) in [6.45, 7) is 3.10. The molecule has 0 bridgehead atoms. The lowest BCUT2D eigenvalue weighted by Gasteiger charge is -2.22. The number of carbonyl (C=O) groups excluding carboxylic acids is 2. The third-order valence-electron chi connectivity index (χ3n) is 5.13. The summed E-state index contributed by atoms with van der Waals surface area (Å²) in [4.78, 5) is 26.5. The van der Waals surface area contributed by atoms with Crippen LogP contribution in [0.25, 0.3) is 0 Å². The number of hydrogen-bond donors (Lipinski definition) is 2. The van der Waals surface area contributed by atoms with Crippen molar-refractivity contribution in [3.05, 3.63) is 29.8 Å². The van der Waals surface area contributed by atoms with Gasteiger partial charge < -0.3 is 16.0 Å². The maximum absolute atomic E-state index is 12.5. The van der Waals surface area contributed by atoms with Crippen LogP contribution >= 0.6 is 12.4 Å². The summed E-state index contributed by atoms with van der Waals surface area (Å²) in [7, 11) is 0. The van der Waals surface area contributed by atoms with Gasteiger partial charge in [-0.25, -0.2) is 0 Å². The van der Waals surface area contributed by atoms with Crippen LogP contribution in [-0.4, -0.2) is 30.9 Å². The molecule has 0 aromatic heterocycles. The topological polar surface area (TPSA) is 75.4 Å². The van der Waals surface area contributed by atoms with Crippen LogP contribution in [0.4, 0.5) is 5.69 Å². The lowest BCUT2D eigenvalue weighted by Crippen LogP contribution is -2.43. The number of aryl methyl sites for hydroxylation is 1.